The Labute approximate surface area is 120 Å². The molecule has 0 spiro atoms. The summed E-state index contributed by atoms with van der Waals surface area (Å²) in [6.07, 6.45) is 5.42. The van der Waals surface area contributed by atoms with Gasteiger partial charge < -0.3 is 10.2 Å². The number of piperidine rings is 1. The first-order chi connectivity index (χ1) is 9.19. The summed E-state index contributed by atoms with van der Waals surface area (Å²) in [5, 5.41) is 7.08. The van der Waals surface area contributed by atoms with Crippen LogP contribution in [0.3, 0.4) is 0 Å². The summed E-state index contributed by atoms with van der Waals surface area (Å²) >= 11 is 1.87. The van der Waals surface area contributed by atoms with Gasteiger partial charge in [0.25, 0.3) is 0 Å². The number of hydrogen-bond donors (Lipinski definition) is 1. The summed E-state index contributed by atoms with van der Waals surface area (Å²) in [7, 11) is 2.30. The second kappa shape index (κ2) is 5.51. The molecule has 0 radical (unpaired) electrons. The first-order valence-electron chi connectivity index (χ1n) is 7.59. The number of thiazole rings is 1. The molecule has 2 fully saturated rings. The number of nitrogens with one attached hydrogen (secondary N) is 1. The minimum atomic E-state index is 0.387. The van der Waals surface area contributed by atoms with Crippen LogP contribution in [-0.4, -0.2) is 35.6 Å². The summed E-state index contributed by atoms with van der Waals surface area (Å²) in [4.78, 5) is 7.52. The smallest absolute Gasteiger partial charge is 0.0961 e. The van der Waals surface area contributed by atoms with Gasteiger partial charge in [-0.25, -0.2) is 4.98 Å². The number of aromatic nitrogens is 1. The largest absolute Gasteiger partial charge is 0.309 e. The van der Waals surface area contributed by atoms with Crippen molar-refractivity contribution in [2.24, 2.45) is 0 Å². The Bertz CT molecular complexity index is 417. The molecule has 2 aliphatic heterocycles. The van der Waals surface area contributed by atoms with Crippen molar-refractivity contribution < 1.29 is 0 Å². The van der Waals surface area contributed by atoms with Crippen LogP contribution in [0.2, 0.25) is 0 Å². The number of nitrogens with zero attached hydrogens (tertiary/aromatic N) is 2. The van der Waals surface area contributed by atoms with Crippen LogP contribution in [0, 0.1) is 0 Å². The molecular weight excluding hydrogens is 254 g/mol. The highest BCUT2D eigenvalue weighted by Crippen LogP contribution is 2.42. The van der Waals surface area contributed by atoms with E-state index in [1.807, 2.05) is 11.3 Å². The molecule has 2 aliphatic rings. The summed E-state index contributed by atoms with van der Waals surface area (Å²) in [5.74, 6) is 0.710. The lowest BCUT2D eigenvalue weighted by Gasteiger charge is -2.35. The van der Waals surface area contributed by atoms with E-state index in [2.05, 4.69) is 36.5 Å². The van der Waals surface area contributed by atoms with Gasteiger partial charge in [-0.05, 0) is 46.2 Å². The van der Waals surface area contributed by atoms with Gasteiger partial charge in [0, 0.05) is 29.4 Å². The van der Waals surface area contributed by atoms with E-state index in [9.17, 15) is 0 Å². The highest BCUT2D eigenvalue weighted by atomic mass is 32.1. The van der Waals surface area contributed by atoms with E-state index in [-0.39, 0.29) is 0 Å². The molecule has 0 amide bonds. The lowest BCUT2D eigenvalue weighted by atomic mass is 9.92. The van der Waals surface area contributed by atoms with Crippen LogP contribution in [0.4, 0.5) is 0 Å². The van der Waals surface area contributed by atoms with E-state index >= 15 is 0 Å². The van der Waals surface area contributed by atoms with E-state index < -0.39 is 0 Å². The number of hydrogen-bond acceptors (Lipinski definition) is 4. The van der Waals surface area contributed by atoms with Crippen LogP contribution >= 0.6 is 11.3 Å². The molecule has 1 N–H and O–H groups in total. The molecule has 1 aromatic heterocycles. The molecule has 0 saturated carbocycles. The maximum Gasteiger partial charge on any atom is 0.0961 e. The van der Waals surface area contributed by atoms with Crippen LogP contribution in [-0.2, 0) is 0 Å². The van der Waals surface area contributed by atoms with Gasteiger partial charge in [0.1, 0.15) is 0 Å². The lowest BCUT2D eigenvalue weighted by molar-refractivity contribution is 0.161. The molecule has 2 bridgehead atoms. The fourth-order valence-electron chi connectivity index (χ4n) is 3.71. The highest BCUT2D eigenvalue weighted by molar-refractivity contribution is 7.09. The summed E-state index contributed by atoms with van der Waals surface area (Å²) in [6, 6.07) is 2.00. The van der Waals surface area contributed by atoms with Crippen LogP contribution < -0.4 is 5.32 Å². The van der Waals surface area contributed by atoms with Gasteiger partial charge in [-0.15, -0.1) is 11.3 Å². The average molecular weight is 279 g/mol. The molecule has 106 valence electrons. The third-order valence-electron chi connectivity index (χ3n) is 4.94. The van der Waals surface area contributed by atoms with Crippen LogP contribution in [0.25, 0.3) is 0 Å². The van der Waals surface area contributed by atoms with Gasteiger partial charge in [0.05, 0.1) is 10.7 Å². The van der Waals surface area contributed by atoms with Crippen molar-refractivity contribution in [3.05, 3.63) is 16.1 Å². The van der Waals surface area contributed by atoms with Crippen molar-refractivity contribution in [3.8, 4) is 0 Å². The van der Waals surface area contributed by atoms with E-state index in [0.29, 0.717) is 12.0 Å². The maximum atomic E-state index is 4.91. The van der Waals surface area contributed by atoms with Gasteiger partial charge in [-0.1, -0.05) is 6.92 Å². The lowest BCUT2D eigenvalue weighted by Crippen LogP contribution is -2.39. The second-order valence-corrected chi connectivity index (χ2v) is 7.00. The van der Waals surface area contributed by atoms with Crippen molar-refractivity contribution in [3.63, 3.8) is 0 Å². The molecule has 3 nitrogen and oxygen atoms in total. The Balaban J connectivity index is 1.70. The van der Waals surface area contributed by atoms with Gasteiger partial charge in [-0.3, -0.25) is 0 Å². The van der Waals surface area contributed by atoms with Crippen LogP contribution in [0.5, 0.6) is 0 Å². The Morgan fingerprint density at radius 3 is 2.74 bits per heavy atom. The van der Waals surface area contributed by atoms with E-state index in [4.69, 9.17) is 4.98 Å². The van der Waals surface area contributed by atoms with Gasteiger partial charge in [-0.2, -0.15) is 0 Å². The van der Waals surface area contributed by atoms with Crippen molar-refractivity contribution >= 4 is 11.3 Å². The zero-order valence-corrected chi connectivity index (χ0v) is 13.0. The van der Waals surface area contributed by atoms with Crippen molar-refractivity contribution in [2.75, 3.05) is 13.6 Å². The monoisotopic (exact) mass is 279 g/mol. The molecule has 0 aromatic carbocycles. The first-order valence-corrected chi connectivity index (χ1v) is 8.47. The van der Waals surface area contributed by atoms with Gasteiger partial charge in [0.2, 0.25) is 0 Å². The molecule has 3 unspecified atom stereocenters. The fraction of sp³-hybridized carbons (Fsp3) is 0.800. The van der Waals surface area contributed by atoms with Crippen LogP contribution in [0.1, 0.15) is 62.2 Å². The zero-order chi connectivity index (χ0) is 13.4. The Morgan fingerprint density at radius 2 is 2.11 bits per heavy atom. The first kappa shape index (κ1) is 13.5. The quantitative estimate of drug-likeness (QED) is 0.917. The van der Waals surface area contributed by atoms with Crippen molar-refractivity contribution in [2.45, 2.75) is 63.6 Å². The Kier molecular flexibility index (Phi) is 3.92. The molecular formula is C15H25N3S. The topological polar surface area (TPSA) is 28.2 Å². The predicted molar refractivity (Wildman–Crippen MR) is 80.8 cm³/mol. The van der Waals surface area contributed by atoms with Crippen LogP contribution in [0.15, 0.2) is 5.38 Å². The predicted octanol–water partition coefficient (Wildman–Crippen LogP) is 3.15. The molecule has 3 heterocycles. The fourth-order valence-corrected chi connectivity index (χ4v) is 4.75. The third-order valence-corrected chi connectivity index (χ3v) is 5.97. The molecule has 4 heteroatoms. The summed E-state index contributed by atoms with van der Waals surface area (Å²) in [6.45, 7) is 5.37. The summed E-state index contributed by atoms with van der Waals surface area (Å²) < 4.78 is 0. The third kappa shape index (κ3) is 2.58. The van der Waals surface area contributed by atoms with Crippen molar-refractivity contribution in [1.82, 2.24) is 15.2 Å². The van der Waals surface area contributed by atoms with Crippen molar-refractivity contribution in [1.29, 1.82) is 0 Å². The summed E-state index contributed by atoms with van der Waals surface area (Å²) in [5.41, 5.74) is 1.23. The SMILES string of the molecule is CCNC(C)c1csc(C2CC3CCC(C2)N3C)n1. The standard InChI is InChI=1S/C15H25N3S/c1-4-16-10(2)14-9-19-15(17-14)11-7-12-5-6-13(8-11)18(12)3/h9-13,16H,4-8H2,1-3H3. The highest BCUT2D eigenvalue weighted by Gasteiger charge is 2.39. The second-order valence-electron chi connectivity index (χ2n) is 6.11. The Morgan fingerprint density at radius 1 is 1.42 bits per heavy atom. The minimum Gasteiger partial charge on any atom is -0.309 e. The number of fused-ring (bicyclic) bond motifs is 2. The molecule has 1 aromatic rings. The number of rotatable bonds is 4. The zero-order valence-electron chi connectivity index (χ0n) is 12.2. The van der Waals surface area contributed by atoms with Gasteiger partial charge >= 0.3 is 0 Å². The molecule has 2 saturated heterocycles. The van der Waals surface area contributed by atoms with E-state index in [0.717, 1.165) is 18.6 Å². The molecule has 0 aliphatic carbocycles. The Hall–Kier alpha value is -0.450. The van der Waals surface area contributed by atoms with Gasteiger partial charge in [0.15, 0.2) is 0 Å². The van der Waals surface area contributed by atoms with E-state index in [1.165, 1.54) is 36.4 Å². The van der Waals surface area contributed by atoms with E-state index in [1.54, 1.807) is 0 Å². The molecule has 3 rings (SSSR count). The maximum absolute atomic E-state index is 4.91. The molecule has 3 atom stereocenters. The average Bonchev–Trinajstić information content (AvgIpc) is 2.93. The molecule has 19 heavy (non-hydrogen) atoms. The normalized spacial score (nSPS) is 32.7. The minimum absolute atomic E-state index is 0.387.